The van der Waals surface area contributed by atoms with Crippen molar-refractivity contribution in [2.45, 2.75) is 19.3 Å². The molecule has 1 aliphatic rings. The molecule has 5 aromatic carbocycles. The van der Waals surface area contributed by atoms with Gasteiger partial charge >= 0.3 is 0 Å². The van der Waals surface area contributed by atoms with Crippen molar-refractivity contribution >= 4 is 54.5 Å². The van der Waals surface area contributed by atoms with Crippen LogP contribution in [0.15, 0.2) is 132 Å². The summed E-state index contributed by atoms with van der Waals surface area (Å²) < 4.78 is 6.75. The van der Waals surface area contributed by atoms with E-state index < -0.39 is 0 Å². The third-order valence-electron chi connectivity index (χ3n) is 9.95. The van der Waals surface area contributed by atoms with Crippen molar-refractivity contribution in [3.63, 3.8) is 0 Å². The normalized spacial score (nSPS) is 13.6. The Morgan fingerprint density at radius 1 is 0.587 bits per heavy atom. The number of rotatable bonds is 2. The molecular formula is C42H27N3O. The fourth-order valence-corrected chi connectivity index (χ4v) is 7.73. The maximum Gasteiger partial charge on any atom is 0.144 e. The van der Waals surface area contributed by atoms with Gasteiger partial charge in [-0.05, 0) is 51.9 Å². The van der Waals surface area contributed by atoms with Crippen LogP contribution in [-0.4, -0.2) is 15.0 Å². The molecule has 0 fully saturated rings. The van der Waals surface area contributed by atoms with Crippen molar-refractivity contribution in [2.24, 2.45) is 0 Å². The second-order valence-corrected chi connectivity index (χ2v) is 12.8. The van der Waals surface area contributed by atoms with E-state index in [2.05, 4.69) is 122 Å². The fraction of sp³-hybridized carbons (Fsp3) is 0.0714. The third kappa shape index (κ3) is 3.36. The summed E-state index contributed by atoms with van der Waals surface area (Å²) in [7, 11) is 0. The fourth-order valence-electron chi connectivity index (χ4n) is 7.73. The molecule has 0 atom stereocenters. The summed E-state index contributed by atoms with van der Waals surface area (Å²) in [5, 5.41) is 6.57. The van der Waals surface area contributed by atoms with Gasteiger partial charge in [0, 0.05) is 55.9 Å². The van der Waals surface area contributed by atoms with Crippen LogP contribution in [0.3, 0.4) is 0 Å². The molecule has 0 radical (unpaired) electrons. The van der Waals surface area contributed by atoms with Crippen LogP contribution in [0.5, 0.6) is 0 Å². The summed E-state index contributed by atoms with van der Waals surface area (Å²) in [6.45, 7) is 4.64. The highest BCUT2D eigenvalue weighted by molar-refractivity contribution is 6.20. The molecule has 0 N–H and O–H groups in total. The van der Waals surface area contributed by atoms with Crippen molar-refractivity contribution < 1.29 is 4.42 Å². The van der Waals surface area contributed by atoms with E-state index in [-0.39, 0.29) is 5.41 Å². The Hall–Kier alpha value is -5.87. The summed E-state index contributed by atoms with van der Waals surface area (Å²) in [6.07, 6.45) is 3.86. The van der Waals surface area contributed by atoms with Crippen molar-refractivity contribution in [2.75, 3.05) is 0 Å². The molecule has 46 heavy (non-hydrogen) atoms. The van der Waals surface area contributed by atoms with Crippen LogP contribution in [0.4, 0.5) is 0 Å². The summed E-state index contributed by atoms with van der Waals surface area (Å²) in [6, 6.07) is 40.5. The van der Waals surface area contributed by atoms with Crippen molar-refractivity contribution in [3.8, 4) is 33.6 Å². The van der Waals surface area contributed by atoms with Gasteiger partial charge in [0.1, 0.15) is 11.2 Å². The Morgan fingerprint density at radius 2 is 1.33 bits per heavy atom. The summed E-state index contributed by atoms with van der Waals surface area (Å²) in [5.41, 5.74) is 12.4. The lowest BCUT2D eigenvalue weighted by Gasteiger charge is -2.22. The Labute approximate surface area is 265 Å². The molecule has 0 saturated carbocycles. The standard InChI is InChI=1S/C42H27N3O/c1-42(2)32-15-7-5-13-28(32)37-33(42)22-30(36-29-14-6-8-16-35(29)46-41(36)37)31-23-44-40(27-12-4-3-11-26(27)31)34-20-19-25-18-17-24-10-9-21-43-38(24)39(25)45-34/h3-23H,1-2H3. The average molecular weight is 590 g/mol. The van der Waals surface area contributed by atoms with E-state index in [1.54, 1.807) is 0 Å². The van der Waals surface area contributed by atoms with Gasteiger partial charge in [0.15, 0.2) is 0 Å². The molecule has 0 aliphatic heterocycles. The summed E-state index contributed by atoms with van der Waals surface area (Å²) in [4.78, 5) is 15.0. The lowest BCUT2D eigenvalue weighted by atomic mass is 9.80. The van der Waals surface area contributed by atoms with Crippen LogP contribution in [0.1, 0.15) is 25.0 Å². The van der Waals surface area contributed by atoms with E-state index in [9.17, 15) is 0 Å². The molecule has 0 spiro atoms. The van der Waals surface area contributed by atoms with E-state index >= 15 is 0 Å². The van der Waals surface area contributed by atoms with E-state index in [1.165, 1.54) is 22.3 Å². The first-order valence-corrected chi connectivity index (χ1v) is 15.7. The Bertz CT molecular complexity index is 2740. The molecule has 0 unspecified atom stereocenters. The van der Waals surface area contributed by atoms with Crippen molar-refractivity contribution in [1.29, 1.82) is 0 Å². The first-order valence-electron chi connectivity index (χ1n) is 15.7. The van der Waals surface area contributed by atoms with Gasteiger partial charge < -0.3 is 4.42 Å². The number of furan rings is 1. The SMILES string of the molecule is CC1(C)c2ccccc2-c2c1cc(-c1cnc(-c3ccc4ccc5cccnc5c4n3)c3ccccc13)c1c2oc2ccccc21. The molecule has 10 rings (SSSR count). The molecule has 9 aromatic rings. The van der Waals surface area contributed by atoms with Crippen LogP contribution in [0.25, 0.3) is 88.2 Å². The first kappa shape index (κ1) is 25.5. The number of nitrogens with zero attached hydrogens (tertiary/aromatic N) is 3. The average Bonchev–Trinajstić information content (AvgIpc) is 3.60. The lowest BCUT2D eigenvalue weighted by Crippen LogP contribution is -2.15. The second kappa shape index (κ2) is 9.09. The monoisotopic (exact) mass is 589 g/mol. The molecule has 4 nitrogen and oxygen atoms in total. The quantitative estimate of drug-likeness (QED) is 0.188. The molecule has 0 saturated heterocycles. The highest BCUT2D eigenvalue weighted by Gasteiger charge is 2.38. The molecule has 4 heterocycles. The molecule has 0 bridgehead atoms. The number of para-hydroxylation sites is 1. The van der Waals surface area contributed by atoms with Gasteiger partial charge in [-0.25, -0.2) is 4.98 Å². The van der Waals surface area contributed by atoms with Gasteiger partial charge in [-0.15, -0.1) is 0 Å². The highest BCUT2D eigenvalue weighted by Crippen LogP contribution is 2.55. The van der Waals surface area contributed by atoms with Crippen LogP contribution in [-0.2, 0) is 5.41 Å². The number of benzene rings is 5. The predicted molar refractivity (Wildman–Crippen MR) is 188 cm³/mol. The van der Waals surface area contributed by atoms with Gasteiger partial charge in [-0.3, -0.25) is 9.97 Å². The molecule has 1 aliphatic carbocycles. The van der Waals surface area contributed by atoms with Gasteiger partial charge in [0.05, 0.1) is 22.4 Å². The van der Waals surface area contributed by atoms with Crippen LogP contribution in [0, 0.1) is 0 Å². The van der Waals surface area contributed by atoms with Gasteiger partial charge in [0.25, 0.3) is 0 Å². The topological polar surface area (TPSA) is 51.8 Å². The molecule has 4 heteroatoms. The molecule has 4 aromatic heterocycles. The highest BCUT2D eigenvalue weighted by atomic mass is 16.3. The van der Waals surface area contributed by atoms with Crippen molar-refractivity contribution in [3.05, 3.63) is 139 Å². The van der Waals surface area contributed by atoms with E-state index in [0.717, 1.165) is 77.0 Å². The van der Waals surface area contributed by atoms with E-state index in [1.807, 2.05) is 24.5 Å². The zero-order valence-electron chi connectivity index (χ0n) is 25.4. The summed E-state index contributed by atoms with van der Waals surface area (Å²) >= 11 is 0. The largest absolute Gasteiger partial charge is 0.455 e. The minimum Gasteiger partial charge on any atom is -0.455 e. The van der Waals surface area contributed by atoms with Gasteiger partial charge in [0.2, 0.25) is 0 Å². The van der Waals surface area contributed by atoms with Crippen LogP contribution < -0.4 is 0 Å². The minimum atomic E-state index is -0.178. The number of pyridine rings is 3. The molecule has 0 amide bonds. The number of hydrogen-bond donors (Lipinski definition) is 0. The van der Waals surface area contributed by atoms with Crippen LogP contribution in [0.2, 0.25) is 0 Å². The number of aromatic nitrogens is 3. The van der Waals surface area contributed by atoms with Gasteiger partial charge in [-0.2, -0.15) is 0 Å². The molecular weight excluding hydrogens is 562 g/mol. The number of hydrogen-bond acceptors (Lipinski definition) is 4. The van der Waals surface area contributed by atoms with E-state index in [4.69, 9.17) is 14.4 Å². The zero-order valence-corrected chi connectivity index (χ0v) is 25.4. The Morgan fingerprint density at radius 3 is 2.22 bits per heavy atom. The van der Waals surface area contributed by atoms with Crippen molar-refractivity contribution in [1.82, 2.24) is 15.0 Å². The minimum absolute atomic E-state index is 0.178. The maximum absolute atomic E-state index is 6.75. The van der Waals surface area contributed by atoms with Crippen LogP contribution >= 0.6 is 0 Å². The Balaban J connectivity index is 1.27. The van der Waals surface area contributed by atoms with E-state index in [0.29, 0.717) is 0 Å². The predicted octanol–water partition coefficient (Wildman–Crippen LogP) is 10.9. The maximum atomic E-state index is 6.75. The van der Waals surface area contributed by atoms with Gasteiger partial charge in [-0.1, -0.05) is 105 Å². The smallest absolute Gasteiger partial charge is 0.144 e. The zero-order chi connectivity index (χ0) is 30.6. The lowest BCUT2D eigenvalue weighted by molar-refractivity contribution is 0.653. The third-order valence-corrected chi connectivity index (χ3v) is 9.95. The first-order chi connectivity index (χ1) is 22.6. The summed E-state index contributed by atoms with van der Waals surface area (Å²) in [5.74, 6) is 0. The Kier molecular flexibility index (Phi) is 5.03. The second-order valence-electron chi connectivity index (χ2n) is 12.8. The number of fused-ring (bicyclic) bond motifs is 11. The molecule has 216 valence electrons.